The molecule has 16 heavy (non-hydrogen) atoms. The van der Waals surface area contributed by atoms with E-state index < -0.39 is 11.6 Å². The quantitative estimate of drug-likeness (QED) is 0.737. The van der Waals surface area contributed by atoms with Crippen molar-refractivity contribution in [2.45, 2.75) is 19.4 Å². The number of urea groups is 1. The van der Waals surface area contributed by atoms with E-state index in [4.69, 9.17) is 0 Å². The average Bonchev–Trinajstić information content (AvgIpc) is 2.56. The van der Waals surface area contributed by atoms with Crippen molar-refractivity contribution >= 4 is 11.9 Å². The summed E-state index contributed by atoms with van der Waals surface area (Å²) in [5.74, 6) is -0.292. The Morgan fingerprint density at radius 1 is 1.12 bits per heavy atom. The smallest absolute Gasteiger partial charge is 0.319 e. The van der Waals surface area contributed by atoms with E-state index in [1.165, 1.54) is 0 Å². The lowest BCUT2D eigenvalue weighted by Crippen LogP contribution is -2.48. The highest BCUT2D eigenvalue weighted by Crippen LogP contribution is 2.32. The molecule has 84 valence electrons. The topological polar surface area (TPSA) is 58.2 Å². The number of rotatable bonds is 2. The Bertz CT molecular complexity index is 428. The minimum absolute atomic E-state index is 0.0126. The van der Waals surface area contributed by atoms with E-state index in [9.17, 15) is 9.59 Å². The molecule has 1 aliphatic heterocycles. The van der Waals surface area contributed by atoms with Crippen LogP contribution in [-0.2, 0) is 10.3 Å². The molecule has 1 aromatic rings. The van der Waals surface area contributed by atoms with Crippen LogP contribution in [0.3, 0.4) is 0 Å². The Kier molecular flexibility index (Phi) is 2.42. The fraction of sp³-hybridized carbons (Fsp3) is 0.333. The summed E-state index contributed by atoms with van der Waals surface area (Å²) in [6, 6.07) is 8.87. The van der Waals surface area contributed by atoms with Crippen molar-refractivity contribution in [2.24, 2.45) is 5.92 Å². The number of nitrogens with one attached hydrogen (secondary N) is 2. The van der Waals surface area contributed by atoms with Gasteiger partial charge in [-0.25, -0.2) is 4.79 Å². The van der Waals surface area contributed by atoms with Gasteiger partial charge in [-0.1, -0.05) is 44.2 Å². The first-order chi connectivity index (χ1) is 7.57. The molecule has 2 rings (SSSR count). The maximum absolute atomic E-state index is 12.0. The summed E-state index contributed by atoms with van der Waals surface area (Å²) in [6.45, 7) is 3.83. The zero-order valence-corrected chi connectivity index (χ0v) is 9.28. The molecule has 2 N–H and O–H groups in total. The Morgan fingerprint density at radius 3 is 2.19 bits per heavy atom. The first kappa shape index (κ1) is 10.7. The van der Waals surface area contributed by atoms with E-state index in [0.717, 1.165) is 5.56 Å². The largest absolute Gasteiger partial charge is 0.322 e. The van der Waals surface area contributed by atoms with E-state index in [1.54, 1.807) is 0 Å². The van der Waals surface area contributed by atoms with Crippen molar-refractivity contribution in [3.05, 3.63) is 35.9 Å². The van der Waals surface area contributed by atoms with Gasteiger partial charge in [-0.2, -0.15) is 0 Å². The summed E-state index contributed by atoms with van der Waals surface area (Å²) in [7, 11) is 0. The minimum atomic E-state index is -0.932. The van der Waals surface area contributed by atoms with Crippen molar-refractivity contribution in [1.82, 2.24) is 10.6 Å². The van der Waals surface area contributed by atoms with Crippen LogP contribution in [0.1, 0.15) is 19.4 Å². The van der Waals surface area contributed by atoms with E-state index >= 15 is 0 Å². The Balaban J connectivity index is 2.53. The highest BCUT2D eigenvalue weighted by molar-refractivity contribution is 6.07. The zero-order valence-electron chi connectivity index (χ0n) is 9.28. The van der Waals surface area contributed by atoms with Gasteiger partial charge in [0.25, 0.3) is 5.91 Å². The van der Waals surface area contributed by atoms with Gasteiger partial charge in [-0.05, 0) is 11.5 Å². The molecule has 0 saturated carbocycles. The molecule has 1 unspecified atom stereocenters. The summed E-state index contributed by atoms with van der Waals surface area (Å²) in [5, 5.41) is 5.03. The molecule has 1 heterocycles. The van der Waals surface area contributed by atoms with Crippen molar-refractivity contribution < 1.29 is 9.59 Å². The molecule has 0 radical (unpaired) electrons. The summed E-state index contributed by atoms with van der Waals surface area (Å²) in [4.78, 5) is 23.3. The molecule has 1 atom stereocenters. The lowest BCUT2D eigenvalue weighted by atomic mass is 9.80. The number of carbonyl (C=O) groups excluding carboxylic acids is 2. The van der Waals surface area contributed by atoms with Gasteiger partial charge in [0.2, 0.25) is 0 Å². The third-order valence-corrected chi connectivity index (χ3v) is 2.99. The van der Waals surface area contributed by atoms with Crippen LogP contribution in [0.4, 0.5) is 4.79 Å². The SMILES string of the molecule is CC(C)C1(c2ccccc2)NC(=O)NC1=O. The molecule has 1 aromatic carbocycles. The predicted molar refractivity (Wildman–Crippen MR) is 59.6 cm³/mol. The summed E-state index contributed by atoms with van der Waals surface area (Å²) < 4.78 is 0. The molecule has 0 bridgehead atoms. The van der Waals surface area contributed by atoms with Crippen LogP contribution in [0.15, 0.2) is 30.3 Å². The van der Waals surface area contributed by atoms with Gasteiger partial charge < -0.3 is 5.32 Å². The molecule has 0 aromatic heterocycles. The van der Waals surface area contributed by atoms with Gasteiger partial charge >= 0.3 is 6.03 Å². The number of amides is 3. The van der Waals surface area contributed by atoms with Crippen molar-refractivity contribution in [1.29, 1.82) is 0 Å². The highest BCUT2D eigenvalue weighted by atomic mass is 16.2. The van der Waals surface area contributed by atoms with Gasteiger partial charge in [0.1, 0.15) is 5.54 Å². The van der Waals surface area contributed by atoms with Crippen molar-refractivity contribution in [3.63, 3.8) is 0 Å². The van der Waals surface area contributed by atoms with Crippen LogP contribution in [0.25, 0.3) is 0 Å². The molecule has 3 amide bonds. The number of hydrogen-bond donors (Lipinski definition) is 2. The van der Waals surface area contributed by atoms with Crippen LogP contribution in [0.2, 0.25) is 0 Å². The van der Waals surface area contributed by atoms with Crippen LogP contribution < -0.4 is 10.6 Å². The van der Waals surface area contributed by atoms with Gasteiger partial charge in [-0.15, -0.1) is 0 Å². The molecule has 4 heteroatoms. The lowest BCUT2D eigenvalue weighted by molar-refractivity contribution is -0.125. The number of imide groups is 1. The molecular formula is C12H14N2O2. The predicted octanol–water partition coefficient (Wildman–Crippen LogP) is 1.38. The van der Waals surface area contributed by atoms with E-state index in [1.807, 2.05) is 44.2 Å². The van der Waals surface area contributed by atoms with Gasteiger partial charge in [0.15, 0.2) is 0 Å². The fourth-order valence-corrected chi connectivity index (χ4v) is 2.11. The minimum Gasteiger partial charge on any atom is -0.319 e. The van der Waals surface area contributed by atoms with Gasteiger partial charge in [-0.3, -0.25) is 10.1 Å². The second-order valence-corrected chi connectivity index (χ2v) is 4.24. The Hall–Kier alpha value is -1.84. The average molecular weight is 218 g/mol. The van der Waals surface area contributed by atoms with Crippen LogP contribution in [-0.4, -0.2) is 11.9 Å². The lowest BCUT2D eigenvalue weighted by Gasteiger charge is -2.30. The molecular weight excluding hydrogens is 204 g/mol. The maximum Gasteiger partial charge on any atom is 0.322 e. The molecule has 4 nitrogen and oxygen atoms in total. The monoisotopic (exact) mass is 218 g/mol. The van der Waals surface area contributed by atoms with Crippen LogP contribution in [0.5, 0.6) is 0 Å². The Labute approximate surface area is 94.0 Å². The van der Waals surface area contributed by atoms with Crippen molar-refractivity contribution in [2.75, 3.05) is 0 Å². The number of carbonyl (C=O) groups is 2. The second-order valence-electron chi connectivity index (χ2n) is 4.24. The molecule has 0 aliphatic carbocycles. The Morgan fingerprint density at radius 2 is 1.75 bits per heavy atom. The molecule has 1 saturated heterocycles. The summed E-state index contributed by atoms with van der Waals surface area (Å²) >= 11 is 0. The normalized spacial score (nSPS) is 24.4. The van der Waals surface area contributed by atoms with Crippen LogP contribution >= 0.6 is 0 Å². The first-order valence-electron chi connectivity index (χ1n) is 5.26. The van der Waals surface area contributed by atoms with Crippen molar-refractivity contribution in [3.8, 4) is 0 Å². The van der Waals surface area contributed by atoms with E-state index in [0.29, 0.717) is 0 Å². The number of hydrogen-bond acceptors (Lipinski definition) is 2. The van der Waals surface area contributed by atoms with E-state index in [2.05, 4.69) is 10.6 Å². The third-order valence-electron chi connectivity index (χ3n) is 2.99. The summed E-state index contributed by atoms with van der Waals surface area (Å²) in [5.41, 5.74) is -0.119. The van der Waals surface area contributed by atoms with E-state index in [-0.39, 0.29) is 11.8 Å². The number of benzene rings is 1. The zero-order chi connectivity index (χ0) is 11.8. The maximum atomic E-state index is 12.0. The molecule has 1 fully saturated rings. The molecule has 1 aliphatic rings. The van der Waals surface area contributed by atoms with Gasteiger partial charge in [0.05, 0.1) is 0 Å². The van der Waals surface area contributed by atoms with Gasteiger partial charge in [0, 0.05) is 0 Å². The second kappa shape index (κ2) is 3.63. The standard InChI is InChI=1S/C12H14N2O2/c1-8(2)12(9-6-4-3-5-7-9)10(15)13-11(16)14-12/h3-8H,1-2H3,(H2,13,14,15,16). The molecule has 0 spiro atoms. The third kappa shape index (κ3) is 1.38. The fourth-order valence-electron chi connectivity index (χ4n) is 2.11. The van der Waals surface area contributed by atoms with Crippen LogP contribution in [0, 0.1) is 5.92 Å². The highest BCUT2D eigenvalue weighted by Gasteiger charge is 2.49. The summed E-state index contributed by atoms with van der Waals surface area (Å²) in [6.07, 6.45) is 0. The first-order valence-corrected chi connectivity index (χ1v) is 5.26.